The minimum Gasteiger partial charge on any atom is -0.462 e. The highest BCUT2D eigenvalue weighted by Crippen LogP contribution is 2.64. The molecule has 1 aromatic rings. The van der Waals surface area contributed by atoms with Crippen molar-refractivity contribution in [3.05, 3.63) is 34.7 Å². The smallest absolute Gasteiger partial charge is 0.302 e. The van der Waals surface area contributed by atoms with E-state index in [1.165, 1.54) is 12.5 Å². The highest BCUT2D eigenvalue weighted by molar-refractivity contribution is 6.06. The van der Waals surface area contributed by atoms with Gasteiger partial charge in [-0.1, -0.05) is 25.5 Å². The first-order valence-corrected chi connectivity index (χ1v) is 12.2. The van der Waals surface area contributed by atoms with Crippen LogP contribution in [0, 0.1) is 35.5 Å². The van der Waals surface area contributed by atoms with E-state index >= 15 is 0 Å². The zero-order valence-corrected chi connectivity index (χ0v) is 20.1. The number of rotatable bonds is 2. The van der Waals surface area contributed by atoms with E-state index in [1.807, 2.05) is 24.9 Å². The highest BCUT2D eigenvalue weighted by Gasteiger charge is 2.60. The summed E-state index contributed by atoms with van der Waals surface area (Å²) in [5.74, 6) is 1.78. The summed E-state index contributed by atoms with van der Waals surface area (Å²) in [6.07, 6.45) is 13.5. The first-order valence-electron chi connectivity index (χ1n) is 12.2. The van der Waals surface area contributed by atoms with Gasteiger partial charge in [0.2, 0.25) is 0 Å². The molecule has 3 fully saturated rings. The molecule has 0 spiro atoms. The molecule has 3 saturated carbocycles. The van der Waals surface area contributed by atoms with Gasteiger partial charge in [-0.25, -0.2) is 0 Å². The molecule has 6 unspecified atom stereocenters. The van der Waals surface area contributed by atoms with Crippen LogP contribution in [0.4, 0.5) is 0 Å². The van der Waals surface area contributed by atoms with Crippen LogP contribution in [-0.4, -0.2) is 27.6 Å². The summed E-state index contributed by atoms with van der Waals surface area (Å²) in [7, 11) is 1.93. The van der Waals surface area contributed by atoms with Crippen molar-refractivity contribution in [2.75, 3.05) is 0 Å². The standard InChI is InChI=1S/C27H36N2O3/c1-16-19(15-29(5)28-16)12-18-13-24-22-7-6-20-14-21(32-17(2)30)8-10-26(20,3)23(22)9-11-27(24,4)25(18)31/h6,12,15,21-24H,7-11,13-14H2,1-5H3/b18-12+. The second kappa shape index (κ2) is 7.43. The van der Waals surface area contributed by atoms with Crippen LogP contribution < -0.4 is 0 Å². The number of fused-ring (bicyclic) bond motifs is 5. The molecule has 5 rings (SSSR count). The van der Waals surface area contributed by atoms with E-state index < -0.39 is 0 Å². The van der Waals surface area contributed by atoms with Gasteiger partial charge >= 0.3 is 5.97 Å². The van der Waals surface area contributed by atoms with Crippen LogP contribution in [0.3, 0.4) is 0 Å². The van der Waals surface area contributed by atoms with E-state index in [0.29, 0.717) is 23.5 Å². The maximum absolute atomic E-state index is 13.6. The SMILES string of the molecule is CC(=O)OC1CCC2(C)C(=CCC3C4C/C(=C\c5cn(C)nc5C)C(=O)C4(C)CCC32)C1. The van der Waals surface area contributed by atoms with Crippen molar-refractivity contribution in [1.29, 1.82) is 0 Å². The third-order valence-corrected chi connectivity index (χ3v) is 9.41. The fourth-order valence-electron chi connectivity index (χ4n) is 7.71. The molecular formula is C27H36N2O3. The number of aromatic nitrogens is 2. The minimum atomic E-state index is -0.236. The van der Waals surface area contributed by atoms with Crippen LogP contribution in [0.2, 0.25) is 0 Å². The first kappa shape index (κ1) is 21.7. The van der Waals surface area contributed by atoms with Crippen LogP contribution in [0.15, 0.2) is 23.4 Å². The number of hydrogen-bond acceptors (Lipinski definition) is 4. The summed E-state index contributed by atoms with van der Waals surface area (Å²) < 4.78 is 7.39. The van der Waals surface area contributed by atoms with Crippen molar-refractivity contribution in [3.8, 4) is 0 Å². The van der Waals surface area contributed by atoms with Crippen molar-refractivity contribution in [2.45, 2.75) is 78.7 Å². The molecule has 4 aliphatic carbocycles. The molecule has 0 aromatic carbocycles. The number of esters is 1. The lowest BCUT2D eigenvalue weighted by Crippen LogP contribution is -2.50. The molecule has 0 saturated heterocycles. The lowest BCUT2D eigenvalue weighted by atomic mass is 9.48. The highest BCUT2D eigenvalue weighted by atomic mass is 16.5. The Balaban J connectivity index is 1.43. The quantitative estimate of drug-likeness (QED) is 0.364. The van der Waals surface area contributed by atoms with E-state index in [9.17, 15) is 9.59 Å². The molecule has 5 heteroatoms. The third kappa shape index (κ3) is 3.22. The van der Waals surface area contributed by atoms with Gasteiger partial charge in [0, 0.05) is 37.6 Å². The maximum Gasteiger partial charge on any atom is 0.302 e. The molecule has 172 valence electrons. The maximum atomic E-state index is 13.6. The van der Waals surface area contributed by atoms with Gasteiger partial charge in [-0.15, -0.1) is 0 Å². The van der Waals surface area contributed by atoms with Gasteiger partial charge in [-0.05, 0) is 80.3 Å². The molecule has 6 atom stereocenters. The minimum absolute atomic E-state index is 0.0301. The Morgan fingerprint density at radius 3 is 2.62 bits per heavy atom. The van der Waals surface area contributed by atoms with Crippen LogP contribution in [-0.2, 0) is 21.4 Å². The molecular weight excluding hydrogens is 400 g/mol. The van der Waals surface area contributed by atoms with Gasteiger partial charge in [-0.3, -0.25) is 14.3 Å². The van der Waals surface area contributed by atoms with Crippen molar-refractivity contribution < 1.29 is 14.3 Å². The Labute approximate surface area is 191 Å². The predicted octanol–water partition coefficient (Wildman–Crippen LogP) is 5.19. The summed E-state index contributed by atoms with van der Waals surface area (Å²) in [5.41, 5.74) is 4.47. The van der Waals surface area contributed by atoms with Crippen molar-refractivity contribution in [3.63, 3.8) is 0 Å². The Bertz CT molecular complexity index is 1030. The third-order valence-electron chi connectivity index (χ3n) is 9.41. The second-order valence-electron chi connectivity index (χ2n) is 11.2. The lowest BCUT2D eigenvalue weighted by Gasteiger charge is -2.56. The van der Waals surface area contributed by atoms with Gasteiger partial charge in [0.15, 0.2) is 5.78 Å². The van der Waals surface area contributed by atoms with Gasteiger partial charge in [0.05, 0.1) is 5.69 Å². The molecule has 0 amide bonds. The molecule has 4 aliphatic rings. The molecule has 1 heterocycles. The average Bonchev–Trinajstić information content (AvgIpc) is 3.17. The number of nitrogens with zero attached hydrogens (tertiary/aromatic N) is 2. The molecule has 0 N–H and O–H groups in total. The van der Waals surface area contributed by atoms with Crippen LogP contribution in [0.5, 0.6) is 0 Å². The number of allylic oxidation sites excluding steroid dienone is 2. The summed E-state index contributed by atoms with van der Waals surface area (Å²) in [4.78, 5) is 25.1. The first-order chi connectivity index (χ1) is 15.1. The van der Waals surface area contributed by atoms with E-state index in [4.69, 9.17) is 4.74 Å². The normalized spacial score (nSPS) is 39.8. The number of ketones is 1. The van der Waals surface area contributed by atoms with Crippen LogP contribution in [0.25, 0.3) is 6.08 Å². The average molecular weight is 437 g/mol. The zero-order chi connectivity index (χ0) is 22.8. The fraction of sp³-hybridized carbons (Fsp3) is 0.667. The van der Waals surface area contributed by atoms with E-state index in [1.54, 1.807) is 0 Å². The van der Waals surface area contributed by atoms with Gasteiger partial charge in [0.1, 0.15) is 6.10 Å². The number of Topliss-reactive ketones (excluding diaryl/α,β-unsaturated/α-hetero) is 1. The molecule has 1 aromatic heterocycles. The van der Waals surface area contributed by atoms with Crippen molar-refractivity contribution in [2.24, 2.45) is 35.6 Å². The predicted molar refractivity (Wildman–Crippen MR) is 124 cm³/mol. The molecule has 0 bridgehead atoms. The molecule has 0 radical (unpaired) electrons. The largest absolute Gasteiger partial charge is 0.462 e. The van der Waals surface area contributed by atoms with Gasteiger partial charge in [0.25, 0.3) is 0 Å². The number of hydrogen-bond donors (Lipinski definition) is 0. The Morgan fingerprint density at radius 1 is 1.19 bits per heavy atom. The topological polar surface area (TPSA) is 61.2 Å². The monoisotopic (exact) mass is 436 g/mol. The summed E-state index contributed by atoms with van der Waals surface area (Å²) >= 11 is 0. The number of aryl methyl sites for hydroxylation is 2. The van der Waals surface area contributed by atoms with E-state index in [0.717, 1.165) is 61.8 Å². The zero-order valence-electron chi connectivity index (χ0n) is 20.1. The molecule has 5 nitrogen and oxygen atoms in total. The van der Waals surface area contributed by atoms with Crippen LogP contribution >= 0.6 is 0 Å². The lowest BCUT2D eigenvalue weighted by molar-refractivity contribution is -0.148. The summed E-state index contributed by atoms with van der Waals surface area (Å²) in [6, 6.07) is 0. The van der Waals surface area contributed by atoms with E-state index in [2.05, 4.69) is 31.1 Å². The van der Waals surface area contributed by atoms with E-state index in [-0.39, 0.29) is 22.9 Å². The number of ether oxygens (including phenoxy) is 1. The summed E-state index contributed by atoms with van der Waals surface area (Å²) in [5, 5.41) is 4.45. The van der Waals surface area contributed by atoms with Crippen LogP contribution in [0.1, 0.15) is 77.0 Å². The molecule has 32 heavy (non-hydrogen) atoms. The van der Waals surface area contributed by atoms with Gasteiger partial charge in [-0.2, -0.15) is 5.10 Å². The van der Waals surface area contributed by atoms with Gasteiger partial charge < -0.3 is 4.74 Å². The summed E-state index contributed by atoms with van der Waals surface area (Å²) in [6.45, 7) is 8.19. The Morgan fingerprint density at radius 2 is 1.94 bits per heavy atom. The second-order valence-corrected chi connectivity index (χ2v) is 11.2. The molecule has 0 aliphatic heterocycles. The number of carbonyl (C=O) groups excluding carboxylic acids is 2. The van der Waals surface area contributed by atoms with Crippen molar-refractivity contribution >= 4 is 17.8 Å². The Kier molecular flexibility index (Phi) is 5.03. The van der Waals surface area contributed by atoms with Crippen molar-refractivity contribution in [1.82, 2.24) is 9.78 Å². The number of carbonyl (C=O) groups is 2. The fourth-order valence-corrected chi connectivity index (χ4v) is 7.71. The Hall–Kier alpha value is -2.17.